The van der Waals surface area contributed by atoms with E-state index in [1.54, 1.807) is 56.1 Å². The molecule has 1 amide bonds. The van der Waals surface area contributed by atoms with Crippen LogP contribution in [-0.2, 0) is 4.79 Å². The Balaban J connectivity index is 1.37. The van der Waals surface area contributed by atoms with Crippen LogP contribution in [0.15, 0.2) is 59.9 Å². The van der Waals surface area contributed by atoms with E-state index < -0.39 is 0 Å². The molecule has 0 spiro atoms. The van der Waals surface area contributed by atoms with Gasteiger partial charge >= 0.3 is 0 Å². The quantitative estimate of drug-likeness (QED) is 0.363. The molecule has 4 aromatic rings. The molecule has 0 aliphatic rings. The molecule has 1 N–H and O–H groups in total. The van der Waals surface area contributed by atoms with Gasteiger partial charge in [0, 0.05) is 29.7 Å². The number of thiazole rings is 1. The Morgan fingerprint density at radius 3 is 2.64 bits per heavy atom. The highest BCUT2D eigenvalue weighted by Gasteiger charge is 2.14. The van der Waals surface area contributed by atoms with Crippen LogP contribution in [0.2, 0.25) is 0 Å². The third-order valence-corrected chi connectivity index (χ3v) is 6.75. The molecule has 0 aliphatic carbocycles. The molecule has 0 atom stereocenters. The van der Waals surface area contributed by atoms with Gasteiger partial charge in [-0.2, -0.15) is 0 Å². The van der Waals surface area contributed by atoms with Crippen molar-refractivity contribution in [2.24, 2.45) is 0 Å². The van der Waals surface area contributed by atoms with Gasteiger partial charge in [0.15, 0.2) is 11.5 Å². The average Bonchev–Trinajstić information content (AvgIpc) is 3.25. The summed E-state index contributed by atoms with van der Waals surface area (Å²) in [4.78, 5) is 22.1. The van der Waals surface area contributed by atoms with Crippen molar-refractivity contribution in [3.63, 3.8) is 0 Å². The third-order valence-electron chi connectivity index (χ3n) is 4.60. The number of nitrogens with zero attached hydrogens (tertiary/aromatic N) is 4. The smallest absolute Gasteiger partial charge is 0.234 e. The third kappa shape index (κ3) is 5.47. The monoisotopic (exact) mass is 479 g/mol. The molecule has 0 unspecified atom stereocenters. The Morgan fingerprint density at radius 1 is 1.09 bits per heavy atom. The lowest BCUT2D eigenvalue weighted by molar-refractivity contribution is -0.113. The number of methoxy groups -OCH3 is 2. The van der Waals surface area contributed by atoms with E-state index in [1.807, 2.05) is 31.2 Å². The van der Waals surface area contributed by atoms with Crippen LogP contribution in [0.3, 0.4) is 0 Å². The number of nitrogens with one attached hydrogen (secondary N) is 1. The van der Waals surface area contributed by atoms with Crippen LogP contribution in [-0.4, -0.2) is 46.0 Å². The highest BCUT2D eigenvalue weighted by Crippen LogP contribution is 2.34. The average molecular weight is 480 g/mol. The van der Waals surface area contributed by atoms with E-state index >= 15 is 0 Å². The number of pyridine rings is 1. The second-order valence-corrected chi connectivity index (χ2v) is 8.83. The Morgan fingerprint density at radius 2 is 1.94 bits per heavy atom. The second kappa shape index (κ2) is 10.4. The fraction of sp³-hybridized carbons (Fsp3) is 0.174. The zero-order valence-electron chi connectivity index (χ0n) is 18.2. The van der Waals surface area contributed by atoms with Crippen molar-refractivity contribution in [1.82, 2.24) is 20.2 Å². The van der Waals surface area contributed by atoms with E-state index in [4.69, 9.17) is 9.47 Å². The van der Waals surface area contributed by atoms with Crippen LogP contribution in [0.4, 0.5) is 5.69 Å². The second-order valence-electron chi connectivity index (χ2n) is 6.84. The first-order chi connectivity index (χ1) is 16.1. The summed E-state index contributed by atoms with van der Waals surface area (Å²) in [7, 11) is 3.12. The van der Waals surface area contributed by atoms with E-state index in [-0.39, 0.29) is 11.7 Å². The van der Waals surface area contributed by atoms with Gasteiger partial charge in [0.05, 0.1) is 30.5 Å². The molecule has 0 bridgehead atoms. The van der Waals surface area contributed by atoms with Crippen molar-refractivity contribution in [2.45, 2.75) is 11.9 Å². The maximum Gasteiger partial charge on any atom is 0.234 e. The Labute approximate surface area is 199 Å². The van der Waals surface area contributed by atoms with E-state index in [9.17, 15) is 4.79 Å². The molecule has 1 aromatic carbocycles. The number of hydrogen-bond acceptors (Lipinski definition) is 9. The number of carbonyl (C=O) groups excluding carboxylic acids is 1. The number of hydrogen-bond donors (Lipinski definition) is 1. The standard InChI is InChI=1S/C23H21N5O3S2/c1-14-22(33-23(25-14)15-5-4-10-24-12-15)17-7-9-21(28-27-17)32-13-20(29)26-16-6-8-18(30-2)19(11-16)31-3/h4-12H,13H2,1-3H3,(H,26,29). The fourth-order valence-electron chi connectivity index (χ4n) is 3.02. The van der Waals surface area contributed by atoms with E-state index in [0.29, 0.717) is 22.2 Å². The Hall–Kier alpha value is -3.50. The summed E-state index contributed by atoms with van der Waals surface area (Å²) in [5.41, 5.74) is 3.24. The number of benzene rings is 1. The van der Waals surface area contributed by atoms with Crippen molar-refractivity contribution in [1.29, 1.82) is 0 Å². The van der Waals surface area contributed by atoms with Gasteiger partial charge in [-0.1, -0.05) is 11.8 Å². The van der Waals surface area contributed by atoms with Crippen molar-refractivity contribution >= 4 is 34.7 Å². The molecule has 33 heavy (non-hydrogen) atoms. The van der Waals surface area contributed by atoms with Gasteiger partial charge in [0.2, 0.25) is 5.91 Å². The summed E-state index contributed by atoms with van der Waals surface area (Å²) in [6.07, 6.45) is 3.53. The lowest BCUT2D eigenvalue weighted by Crippen LogP contribution is -2.14. The number of aromatic nitrogens is 4. The first-order valence-corrected chi connectivity index (χ1v) is 11.7. The van der Waals surface area contributed by atoms with Crippen LogP contribution in [0.5, 0.6) is 11.5 Å². The maximum absolute atomic E-state index is 12.3. The molecule has 3 aromatic heterocycles. The number of rotatable bonds is 8. The molecule has 4 rings (SSSR count). The fourth-order valence-corrected chi connectivity index (χ4v) is 4.65. The number of aryl methyl sites for hydroxylation is 1. The van der Waals surface area contributed by atoms with E-state index in [2.05, 4.69) is 25.5 Å². The summed E-state index contributed by atoms with van der Waals surface area (Å²) in [6, 6.07) is 12.8. The molecule has 0 saturated heterocycles. The molecule has 0 aliphatic heterocycles. The van der Waals surface area contributed by atoms with Gasteiger partial charge in [-0.15, -0.1) is 21.5 Å². The normalized spacial score (nSPS) is 10.6. The molecular weight excluding hydrogens is 458 g/mol. The SMILES string of the molecule is COc1ccc(NC(=O)CSc2ccc(-c3sc(-c4cccnc4)nc3C)nn2)cc1OC. The van der Waals surface area contributed by atoms with Gasteiger partial charge in [0.25, 0.3) is 0 Å². The van der Waals surface area contributed by atoms with Crippen LogP contribution in [0, 0.1) is 6.92 Å². The minimum Gasteiger partial charge on any atom is -0.493 e. The first kappa shape index (κ1) is 22.7. The summed E-state index contributed by atoms with van der Waals surface area (Å²) in [5.74, 6) is 1.20. The molecule has 168 valence electrons. The van der Waals surface area contributed by atoms with E-state index in [0.717, 1.165) is 26.8 Å². The predicted octanol–water partition coefficient (Wildman–Crippen LogP) is 4.72. The van der Waals surface area contributed by atoms with Crippen LogP contribution >= 0.6 is 23.1 Å². The Kier molecular flexibility index (Phi) is 7.16. The zero-order valence-corrected chi connectivity index (χ0v) is 19.9. The summed E-state index contributed by atoms with van der Waals surface area (Å²) in [5, 5.41) is 13.0. The molecule has 10 heteroatoms. The van der Waals surface area contributed by atoms with Gasteiger partial charge in [-0.3, -0.25) is 9.78 Å². The lowest BCUT2D eigenvalue weighted by Gasteiger charge is -2.10. The highest BCUT2D eigenvalue weighted by atomic mass is 32.2. The zero-order chi connectivity index (χ0) is 23.2. The minimum atomic E-state index is -0.155. The largest absolute Gasteiger partial charge is 0.493 e. The number of amides is 1. The number of thioether (sulfide) groups is 1. The molecular formula is C23H21N5O3S2. The number of carbonyl (C=O) groups is 1. The minimum absolute atomic E-state index is 0.155. The van der Waals surface area contributed by atoms with Crippen LogP contribution < -0.4 is 14.8 Å². The van der Waals surface area contributed by atoms with Gasteiger partial charge in [-0.05, 0) is 43.3 Å². The van der Waals surface area contributed by atoms with Crippen molar-refractivity contribution < 1.29 is 14.3 Å². The predicted molar refractivity (Wildman–Crippen MR) is 130 cm³/mol. The van der Waals surface area contributed by atoms with Crippen LogP contribution in [0.25, 0.3) is 21.1 Å². The van der Waals surface area contributed by atoms with Crippen LogP contribution in [0.1, 0.15) is 5.69 Å². The molecule has 0 saturated carbocycles. The summed E-state index contributed by atoms with van der Waals surface area (Å²) >= 11 is 2.87. The Bertz CT molecular complexity index is 1250. The number of anilines is 1. The lowest BCUT2D eigenvalue weighted by atomic mass is 10.2. The van der Waals surface area contributed by atoms with Crippen molar-refractivity contribution in [2.75, 3.05) is 25.3 Å². The topological polar surface area (TPSA) is 99.1 Å². The maximum atomic E-state index is 12.3. The van der Waals surface area contributed by atoms with Crippen molar-refractivity contribution in [3.8, 4) is 32.6 Å². The molecule has 0 fully saturated rings. The first-order valence-electron chi connectivity index (χ1n) is 9.94. The van der Waals surface area contributed by atoms with Crippen molar-refractivity contribution in [3.05, 3.63) is 60.6 Å². The van der Waals surface area contributed by atoms with Gasteiger partial charge in [0.1, 0.15) is 15.7 Å². The van der Waals surface area contributed by atoms with Gasteiger partial charge < -0.3 is 14.8 Å². The number of ether oxygens (including phenoxy) is 2. The van der Waals surface area contributed by atoms with Gasteiger partial charge in [-0.25, -0.2) is 4.98 Å². The summed E-state index contributed by atoms with van der Waals surface area (Å²) < 4.78 is 10.5. The molecule has 8 nitrogen and oxygen atoms in total. The molecule has 3 heterocycles. The summed E-state index contributed by atoms with van der Waals surface area (Å²) in [6.45, 7) is 1.95. The highest BCUT2D eigenvalue weighted by molar-refractivity contribution is 7.99. The van der Waals surface area contributed by atoms with E-state index in [1.165, 1.54) is 11.8 Å². The molecule has 0 radical (unpaired) electrons.